The lowest BCUT2D eigenvalue weighted by Crippen LogP contribution is -2.45. The molecular formula is C22H30N4O2. The zero-order valence-corrected chi connectivity index (χ0v) is 16.4. The van der Waals surface area contributed by atoms with Gasteiger partial charge in [-0.2, -0.15) is 5.10 Å². The Bertz CT molecular complexity index is 728. The SMILES string of the molecule is O=C1CN(Cc2ccn[nH]2)CC(OCc2ccccc2)CN1C1CCCCC1. The highest BCUT2D eigenvalue weighted by atomic mass is 16.5. The van der Waals surface area contributed by atoms with Crippen molar-refractivity contribution in [2.75, 3.05) is 19.6 Å². The summed E-state index contributed by atoms with van der Waals surface area (Å²) in [6.07, 6.45) is 7.75. The fourth-order valence-electron chi connectivity index (χ4n) is 4.39. The maximum absolute atomic E-state index is 13.1. The zero-order chi connectivity index (χ0) is 19.2. The van der Waals surface area contributed by atoms with Gasteiger partial charge in [-0.1, -0.05) is 49.6 Å². The van der Waals surface area contributed by atoms with Crippen molar-refractivity contribution in [1.82, 2.24) is 20.0 Å². The molecule has 150 valence electrons. The molecule has 1 aromatic heterocycles. The van der Waals surface area contributed by atoms with Crippen LogP contribution in [-0.4, -0.2) is 57.7 Å². The molecule has 0 bridgehead atoms. The summed E-state index contributed by atoms with van der Waals surface area (Å²) >= 11 is 0. The molecule has 1 amide bonds. The fraction of sp³-hybridized carbons (Fsp3) is 0.545. The predicted molar refractivity (Wildman–Crippen MR) is 107 cm³/mol. The topological polar surface area (TPSA) is 61.5 Å². The van der Waals surface area contributed by atoms with E-state index in [2.05, 4.69) is 32.1 Å². The van der Waals surface area contributed by atoms with Gasteiger partial charge in [-0.25, -0.2) is 0 Å². The van der Waals surface area contributed by atoms with Crippen molar-refractivity contribution in [2.24, 2.45) is 0 Å². The molecule has 2 fully saturated rings. The van der Waals surface area contributed by atoms with Crippen molar-refractivity contribution in [3.63, 3.8) is 0 Å². The van der Waals surface area contributed by atoms with Crippen LogP contribution in [0.25, 0.3) is 0 Å². The lowest BCUT2D eigenvalue weighted by atomic mass is 9.94. The molecule has 1 aliphatic heterocycles. The summed E-state index contributed by atoms with van der Waals surface area (Å²) < 4.78 is 6.31. The summed E-state index contributed by atoms with van der Waals surface area (Å²) in [5.74, 6) is 0.234. The summed E-state index contributed by atoms with van der Waals surface area (Å²) in [4.78, 5) is 17.4. The summed E-state index contributed by atoms with van der Waals surface area (Å²) in [5.41, 5.74) is 2.20. The molecule has 1 saturated carbocycles. The van der Waals surface area contributed by atoms with E-state index in [9.17, 15) is 4.79 Å². The van der Waals surface area contributed by atoms with E-state index >= 15 is 0 Å². The number of H-pyrrole nitrogens is 1. The van der Waals surface area contributed by atoms with E-state index in [0.717, 1.165) is 25.1 Å². The van der Waals surface area contributed by atoms with Gasteiger partial charge in [0.25, 0.3) is 0 Å². The molecule has 4 rings (SSSR count). The van der Waals surface area contributed by atoms with Crippen LogP contribution < -0.4 is 0 Å². The Kier molecular flexibility index (Phi) is 6.39. The van der Waals surface area contributed by atoms with E-state index in [-0.39, 0.29) is 12.0 Å². The summed E-state index contributed by atoms with van der Waals surface area (Å²) in [6.45, 7) is 3.16. The molecule has 6 nitrogen and oxygen atoms in total. The highest BCUT2D eigenvalue weighted by Crippen LogP contribution is 2.25. The number of aromatic nitrogens is 2. The first kappa shape index (κ1) is 19.2. The van der Waals surface area contributed by atoms with Crippen molar-refractivity contribution < 1.29 is 9.53 Å². The number of aromatic amines is 1. The molecule has 1 N–H and O–H groups in total. The standard InChI is InChI=1S/C22H30N4O2/c27-22-16-25(13-19-11-12-23-24-19)14-21(28-17-18-7-3-1-4-8-18)15-26(22)20-9-5-2-6-10-20/h1,3-4,7-8,11-12,20-21H,2,5-6,9-10,13-17H2,(H,23,24). The van der Waals surface area contributed by atoms with Gasteiger partial charge in [0.1, 0.15) is 0 Å². The van der Waals surface area contributed by atoms with E-state index in [1.54, 1.807) is 6.20 Å². The number of carbonyl (C=O) groups is 1. The number of carbonyl (C=O) groups excluding carboxylic acids is 1. The van der Waals surface area contributed by atoms with Crippen molar-refractivity contribution in [1.29, 1.82) is 0 Å². The largest absolute Gasteiger partial charge is 0.370 e. The molecule has 6 heteroatoms. The maximum atomic E-state index is 13.1. The van der Waals surface area contributed by atoms with Gasteiger partial charge < -0.3 is 9.64 Å². The lowest BCUT2D eigenvalue weighted by Gasteiger charge is -2.35. The third kappa shape index (κ3) is 5.00. The highest BCUT2D eigenvalue weighted by Gasteiger charge is 2.33. The molecule has 1 saturated heterocycles. The van der Waals surface area contributed by atoms with Crippen LogP contribution in [0, 0.1) is 0 Å². The van der Waals surface area contributed by atoms with Gasteiger partial charge >= 0.3 is 0 Å². The van der Waals surface area contributed by atoms with Crippen molar-refractivity contribution in [3.05, 3.63) is 53.9 Å². The molecule has 1 aromatic carbocycles. The Balaban J connectivity index is 1.46. The zero-order valence-electron chi connectivity index (χ0n) is 16.4. The van der Waals surface area contributed by atoms with Gasteiger partial charge in [0.2, 0.25) is 5.91 Å². The average molecular weight is 383 g/mol. The second kappa shape index (κ2) is 9.34. The van der Waals surface area contributed by atoms with Crippen LogP contribution in [0.3, 0.4) is 0 Å². The predicted octanol–water partition coefficient (Wildman–Crippen LogP) is 2.97. The van der Waals surface area contributed by atoms with Crippen LogP contribution in [0.5, 0.6) is 0 Å². The number of hydrogen-bond donors (Lipinski definition) is 1. The molecule has 1 unspecified atom stereocenters. The van der Waals surface area contributed by atoms with Crippen molar-refractivity contribution in [2.45, 2.75) is 57.4 Å². The number of rotatable bonds is 6. The van der Waals surface area contributed by atoms with Crippen LogP contribution in [0.15, 0.2) is 42.6 Å². The first-order valence-corrected chi connectivity index (χ1v) is 10.4. The number of nitrogens with zero attached hydrogens (tertiary/aromatic N) is 3. The molecular weight excluding hydrogens is 352 g/mol. The van der Waals surface area contributed by atoms with Crippen LogP contribution in [-0.2, 0) is 22.7 Å². The quantitative estimate of drug-likeness (QED) is 0.834. The number of hydrogen-bond acceptors (Lipinski definition) is 4. The Morgan fingerprint density at radius 1 is 1.07 bits per heavy atom. The second-order valence-electron chi connectivity index (χ2n) is 8.01. The van der Waals surface area contributed by atoms with Gasteiger partial charge in [-0.3, -0.25) is 14.8 Å². The van der Waals surface area contributed by atoms with E-state index in [1.807, 2.05) is 24.3 Å². The third-order valence-electron chi connectivity index (χ3n) is 5.84. The summed E-state index contributed by atoms with van der Waals surface area (Å²) in [7, 11) is 0. The van der Waals surface area contributed by atoms with Gasteiger partial charge in [0, 0.05) is 37.6 Å². The third-order valence-corrected chi connectivity index (χ3v) is 5.84. The Morgan fingerprint density at radius 2 is 1.89 bits per heavy atom. The average Bonchev–Trinajstić information content (AvgIpc) is 3.18. The molecule has 1 atom stereocenters. The lowest BCUT2D eigenvalue weighted by molar-refractivity contribution is -0.135. The molecule has 28 heavy (non-hydrogen) atoms. The minimum Gasteiger partial charge on any atom is -0.370 e. The maximum Gasteiger partial charge on any atom is 0.237 e. The van der Waals surface area contributed by atoms with Crippen molar-refractivity contribution >= 4 is 5.91 Å². The Labute approximate surface area is 166 Å². The van der Waals surface area contributed by atoms with Gasteiger partial charge in [-0.05, 0) is 24.5 Å². The van der Waals surface area contributed by atoms with E-state index in [0.29, 0.717) is 32.3 Å². The van der Waals surface area contributed by atoms with Gasteiger partial charge in [-0.15, -0.1) is 0 Å². The molecule has 0 radical (unpaired) electrons. The van der Waals surface area contributed by atoms with E-state index < -0.39 is 0 Å². The highest BCUT2D eigenvalue weighted by molar-refractivity contribution is 5.79. The summed E-state index contributed by atoms with van der Waals surface area (Å²) in [6, 6.07) is 12.6. The smallest absolute Gasteiger partial charge is 0.237 e. The van der Waals surface area contributed by atoms with Crippen LogP contribution in [0.2, 0.25) is 0 Å². The Hall–Kier alpha value is -2.18. The number of amides is 1. The van der Waals surface area contributed by atoms with E-state index in [1.165, 1.54) is 24.8 Å². The number of nitrogens with one attached hydrogen (secondary N) is 1. The normalized spacial score (nSPS) is 22.4. The first-order valence-electron chi connectivity index (χ1n) is 10.4. The summed E-state index contributed by atoms with van der Waals surface area (Å²) in [5, 5.41) is 7.04. The monoisotopic (exact) mass is 382 g/mol. The molecule has 2 aromatic rings. The number of ether oxygens (including phenoxy) is 1. The molecule has 2 heterocycles. The minimum absolute atomic E-state index is 0.0107. The van der Waals surface area contributed by atoms with Crippen molar-refractivity contribution in [3.8, 4) is 0 Å². The minimum atomic E-state index is 0.0107. The number of benzene rings is 1. The van der Waals surface area contributed by atoms with Crippen LogP contribution in [0.1, 0.15) is 43.4 Å². The first-order chi connectivity index (χ1) is 13.8. The second-order valence-corrected chi connectivity index (χ2v) is 8.01. The fourth-order valence-corrected chi connectivity index (χ4v) is 4.39. The van der Waals surface area contributed by atoms with Crippen LogP contribution >= 0.6 is 0 Å². The molecule has 0 spiro atoms. The Morgan fingerprint density at radius 3 is 2.64 bits per heavy atom. The van der Waals surface area contributed by atoms with E-state index in [4.69, 9.17) is 4.74 Å². The van der Waals surface area contributed by atoms with Gasteiger partial charge in [0.05, 0.1) is 19.3 Å². The molecule has 1 aliphatic carbocycles. The molecule has 2 aliphatic rings. The van der Waals surface area contributed by atoms with Gasteiger partial charge in [0.15, 0.2) is 0 Å². The van der Waals surface area contributed by atoms with Crippen LogP contribution in [0.4, 0.5) is 0 Å².